The molecule has 3 nitrogen and oxygen atoms in total. The minimum atomic E-state index is -0.419. The Balaban J connectivity index is 1.89. The first-order chi connectivity index (χ1) is 10.1. The van der Waals surface area contributed by atoms with E-state index in [-0.39, 0.29) is 17.2 Å². The summed E-state index contributed by atoms with van der Waals surface area (Å²) in [5, 5.41) is 0.254. The number of fused-ring (bicyclic) bond motifs is 1. The summed E-state index contributed by atoms with van der Waals surface area (Å²) in [7, 11) is 0. The van der Waals surface area contributed by atoms with E-state index in [0.717, 1.165) is 5.52 Å². The van der Waals surface area contributed by atoms with Gasteiger partial charge in [0.15, 0.2) is 5.78 Å². The van der Waals surface area contributed by atoms with E-state index in [1.165, 1.54) is 18.2 Å². The molecular weight excluding hydrogens is 291 g/mol. The summed E-state index contributed by atoms with van der Waals surface area (Å²) in [4.78, 5) is 20.6. The summed E-state index contributed by atoms with van der Waals surface area (Å²) < 4.78 is 13.0. The number of benzene rings is 2. The summed E-state index contributed by atoms with van der Waals surface area (Å²) in [6.45, 7) is 0. The Morgan fingerprint density at radius 3 is 2.57 bits per heavy atom. The van der Waals surface area contributed by atoms with Crippen LogP contribution < -0.4 is 0 Å². The molecule has 0 bridgehead atoms. The molecule has 0 saturated carbocycles. The second-order valence-corrected chi connectivity index (χ2v) is 5.00. The number of ketones is 1. The Kier molecular flexibility index (Phi) is 3.62. The van der Waals surface area contributed by atoms with Crippen LogP contribution in [0.5, 0.6) is 0 Å². The summed E-state index contributed by atoms with van der Waals surface area (Å²) >= 11 is 5.94. The smallest absolute Gasteiger partial charge is 0.167 e. The van der Waals surface area contributed by atoms with Gasteiger partial charge in [0.1, 0.15) is 5.82 Å². The summed E-state index contributed by atoms with van der Waals surface area (Å²) in [6.07, 6.45) is 3.29. The summed E-state index contributed by atoms with van der Waals surface area (Å²) in [5.74, 6) is -0.520. The maximum absolute atomic E-state index is 13.0. The van der Waals surface area contributed by atoms with E-state index in [1.807, 2.05) is 0 Å². The molecule has 0 fully saturated rings. The number of carbonyl (C=O) groups excluding carboxylic acids is 1. The van der Waals surface area contributed by atoms with Crippen LogP contribution in [0.25, 0.3) is 11.0 Å². The fourth-order valence-corrected chi connectivity index (χ4v) is 2.31. The van der Waals surface area contributed by atoms with Gasteiger partial charge in [0, 0.05) is 29.4 Å². The number of aromatic nitrogens is 2. The fourth-order valence-electron chi connectivity index (χ4n) is 2.08. The molecule has 0 radical (unpaired) electrons. The predicted octanol–water partition coefficient (Wildman–Crippen LogP) is 3.85. The van der Waals surface area contributed by atoms with Gasteiger partial charge >= 0.3 is 0 Å². The van der Waals surface area contributed by atoms with Gasteiger partial charge in [0.2, 0.25) is 0 Å². The molecule has 3 rings (SSSR count). The molecule has 0 aliphatic rings. The average Bonchev–Trinajstić information content (AvgIpc) is 2.49. The lowest BCUT2D eigenvalue weighted by atomic mass is 10.0. The highest BCUT2D eigenvalue weighted by molar-refractivity contribution is 6.31. The first kappa shape index (κ1) is 13.6. The molecule has 5 heteroatoms. The predicted molar refractivity (Wildman–Crippen MR) is 79.0 cm³/mol. The zero-order valence-electron chi connectivity index (χ0n) is 10.9. The fraction of sp³-hybridized carbons (Fsp3) is 0.0625. The quantitative estimate of drug-likeness (QED) is 0.690. The largest absolute Gasteiger partial charge is 0.294 e. The van der Waals surface area contributed by atoms with Crippen LogP contribution >= 0.6 is 11.6 Å². The van der Waals surface area contributed by atoms with E-state index >= 15 is 0 Å². The minimum absolute atomic E-state index is 0.101. The third kappa shape index (κ3) is 2.90. The van der Waals surface area contributed by atoms with E-state index in [2.05, 4.69) is 9.97 Å². The molecule has 21 heavy (non-hydrogen) atoms. The van der Waals surface area contributed by atoms with Gasteiger partial charge < -0.3 is 0 Å². The molecule has 0 amide bonds. The van der Waals surface area contributed by atoms with Gasteiger partial charge in [-0.2, -0.15) is 0 Å². The molecule has 0 spiro atoms. The highest BCUT2D eigenvalue weighted by Crippen LogP contribution is 2.20. The number of carbonyl (C=O) groups is 1. The number of nitrogens with zero attached hydrogens (tertiary/aromatic N) is 2. The minimum Gasteiger partial charge on any atom is -0.294 e. The lowest BCUT2D eigenvalue weighted by Gasteiger charge is -2.05. The lowest BCUT2D eigenvalue weighted by molar-refractivity contribution is 0.0993. The van der Waals surface area contributed by atoms with Crippen molar-refractivity contribution in [3.8, 4) is 0 Å². The molecule has 0 saturated heterocycles. The van der Waals surface area contributed by atoms with Crippen molar-refractivity contribution in [2.75, 3.05) is 0 Å². The van der Waals surface area contributed by atoms with Crippen molar-refractivity contribution in [2.45, 2.75) is 6.42 Å². The van der Waals surface area contributed by atoms with Gasteiger partial charge in [-0.05, 0) is 35.9 Å². The molecule has 0 aliphatic carbocycles. The van der Waals surface area contributed by atoms with Gasteiger partial charge in [-0.3, -0.25) is 14.8 Å². The molecule has 0 N–H and O–H groups in total. The lowest BCUT2D eigenvalue weighted by Crippen LogP contribution is -2.04. The third-order valence-electron chi connectivity index (χ3n) is 3.16. The van der Waals surface area contributed by atoms with Crippen LogP contribution in [0.3, 0.4) is 0 Å². The van der Waals surface area contributed by atoms with Crippen LogP contribution in [0.2, 0.25) is 5.02 Å². The van der Waals surface area contributed by atoms with E-state index in [9.17, 15) is 9.18 Å². The topological polar surface area (TPSA) is 42.9 Å². The summed E-state index contributed by atoms with van der Waals surface area (Å²) in [5.41, 5.74) is 2.52. The van der Waals surface area contributed by atoms with Crippen LogP contribution in [-0.4, -0.2) is 15.8 Å². The maximum atomic E-state index is 13.0. The first-order valence-electron chi connectivity index (χ1n) is 6.31. The molecule has 0 atom stereocenters. The molecule has 2 aromatic carbocycles. The molecular formula is C16H10ClFN2O. The van der Waals surface area contributed by atoms with Gasteiger partial charge in [-0.1, -0.05) is 17.7 Å². The average molecular weight is 301 g/mol. The SMILES string of the molecule is O=C(Cc1ccc(F)cc1Cl)c1ccc2nccnc2c1. The van der Waals surface area contributed by atoms with Crippen molar-refractivity contribution >= 4 is 28.4 Å². The second-order valence-electron chi connectivity index (χ2n) is 4.60. The molecule has 0 unspecified atom stereocenters. The van der Waals surface area contributed by atoms with Gasteiger partial charge in [-0.15, -0.1) is 0 Å². The number of rotatable bonds is 3. The zero-order valence-corrected chi connectivity index (χ0v) is 11.6. The Morgan fingerprint density at radius 2 is 1.81 bits per heavy atom. The van der Waals surface area contributed by atoms with Crippen LogP contribution in [0, 0.1) is 5.82 Å². The van der Waals surface area contributed by atoms with Gasteiger partial charge in [-0.25, -0.2) is 4.39 Å². The maximum Gasteiger partial charge on any atom is 0.167 e. The standard InChI is InChI=1S/C16H10ClFN2O/c17-13-9-12(18)3-1-10(13)8-16(21)11-2-4-14-15(7-11)20-6-5-19-14/h1-7,9H,8H2. The van der Waals surface area contributed by atoms with Crippen molar-refractivity contribution < 1.29 is 9.18 Å². The summed E-state index contributed by atoms with van der Waals surface area (Å²) in [6, 6.07) is 9.17. The van der Waals surface area contributed by atoms with E-state index in [4.69, 9.17) is 11.6 Å². The third-order valence-corrected chi connectivity index (χ3v) is 3.51. The van der Waals surface area contributed by atoms with Gasteiger partial charge in [0.25, 0.3) is 0 Å². The highest BCUT2D eigenvalue weighted by Gasteiger charge is 2.11. The monoisotopic (exact) mass is 300 g/mol. The van der Waals surface area contributed by atoms with Crippen molar-refractivity contribution in [3.63, 3.8) is 0 Å². The molecule has 0 aliphatic heterocycles. The van der Waals surface area contributed by atoms with Crippen molar-refractivity contribution in [1.29, 1.82) is 0 Å². The van der Waals surface area contributed by atoms with E-state index < -0.39 is 5.82 Å². The normalized spacial score (nSPS) is 10.8. The number of hydrogen-bond acceptors (Lipinski definition) is 3. The number of hydrogen-bond donors (Lipinski definition) is 0. The number of Topliss-reactive ketones (excluding diaryl/α,β-unsaturated/α-hetero) is 1. The molecule has 1 heterocycles. The van der Waals surface area contributed by atoms with Crippen LogP contribution in [-0.2, 0) is 6.42 Å². The van der Waals surface area contributed by atoms with E-state index in [0.29, 0.717) is 16.6 Å². The molecule has 1 aromatic heterocycles. The van der Waals surface area contributed by atoms with Crippen LogP contribution in [0.1, 0.15) is 15.9 Å². The van der Waals surface area contributed by atoms with Crippen molar-refractivity contribution in [1.82, 2.24) is 9.97 Å². The van der Waals surface area contributed by atoms with Crippen molar-refractivity contribution in [3.05, 3.63) is 70.8 Å². The van der Waals surface area contributed by atoms with Crippen LogP contribution in [0.4, 0.5) is 4.39 Å². The first-order valence-corrected chi connectivity index (χ1v) is 6.69. The van der Waals surface area contributed by atoms with Gasteiger partial charge in [0.05, 0.1) is 11.0 Å². The highest BCUT2D eigenvalue weighted by atomic mass is 35.5. The Morgan fingerprint density at radius 1 is 1.05 bits per heavy atom. The Bertz CT molecular complexity index is 835. The van der Waals surface area contributed by atoms with E-state index in [1.54, 1.807) is 30.6 Å². The van der Waals surface area contributed by atoms with Crippen LogP contribution in [0.15, 0.2) is 48.8 Å². The second kappa shape index (κ2) is 5.58. The molecule has 3 aromatic rings. The molecule has 104 valence electrons. The Hall–Kier alpha value is -2.33. The van der Waals surface area contributed by atoms with Crippen molar-refractivity contribution in [2.24, 2.45) is 0 Å². The number of halogens is 2. The zero-order chi connectivity index (χ0) is 14.8. The Labute approximate surface area is 125 Å².